The first-order valence-electron chi connectivity index (χ1n) is 9.10. The maximum Gasteiger partial charge on any atom is 0.251 e. The molecule has 1 amide bonds. The number of carbonyl (C=O) groups is 1. The molecule has 1 aliphatic rings. The van der Waals surface area contributed by atoms with Crippen LogP contribution in [0.1, 0.15) is 38.1 Å². The monoisotopic (exact) mass is 387 g/mol. The van der Waals surface area contributed by atoms with Gasteiger partial charge in [-0.1, -0.05) is 36.4 Å². The van der Waals surface area contributed by atoms with Gasteiger partial charge in [0.1, 0.15) is 6.54 Å². The summed E-state index contributed by atoms with van der Waals surface area (Å²) in [4.78, 5) is 13.8. The van der Waals surface area contributed by atoms with E-state index in [4.69, 9.17) is 0 Å². The van der Waals surface area contributed by atoms with Crippen molar-refractivity contribution < 1.29 is 9.69 Å². The molecule has 0 saturated carbocycles. The SMILES string of the molecule is C[NH+](C)Cc1ccc(CNC(=O)c2ccc(C3SCCCS3)cc2)cc1. The van der Waals surface area contributed by atoms with Crippen molar-refractivity contribution in [2.75, 3.05) is 25.6 Å². The lowest BCUT2D eigenvalue weighted by atomic mass is 10.1. The minimum Gasteiger partial charge on any atom is -0.348 e. The third-order valence-corrected chi connectivity index (χ3v) is 7.32. The standard InChI is InChI=1S/C21H26N2OS2/c1-23(2)15-17-6-4-16(5-7-17)14-22-20(24)18-8-10-19(11-9-18)21-25-12-3-13-26-21/h4-11,21H,3,12-15H2,1-2H3,(H,22,24)/p+1. The predicted octanol–water partition coefficient (Wildman–Crippen LogP) is 3.13. The van der Waals surface area contributed by atoms with Gasteiger partial charge in [-0.2, -0.15) is 0 Å². The Hall–Kier alpha value is -1.43. The van der Waals surface area contributed by atoms with Crippen molar-refractivity contribution in [2.24, 2.45) is 0 Å². The molecule has 0 aromatic heterocycles. The van der Waals surface area contributed by atoms with Crippen molar-refractivity contribution in [1.82, 2.24) is 5.32 Å². The van der Waals surface area contributed by atoms with Gasteiger partial charge in [-0.3, -0.25) is 4.79 Å². The van der Waals surface area contributed by atoms with Crippen LogP contribution in [0.2, 0.25) is 0 Å². The van der Waals surface area contributed by atoms with Crippen LogP contribution in [0.3, 0.4) is 0 Å². The second-order valence-electron chi connectivity index (χ2n) is 6.93. The first-order valence-corrected chi connectivity index (χ1v) is 11.2. The molecule has 26 heavy (non-hydrogen) atoms. The zero-order chi connectivity index (χ0) is 18.4. The number of hydrogen-bond donors (Lipinski definition) is 2. The van der Waals surface area contributed by atoms with E-state index in [1.165, 1.54) is 34.0 Å². The number of amides is 1. The van der Waals surface area contributed by atoms with Gasteiger partial charge in [-0.05, 0) is 41.2 Å². The Balaban J connectivity index is 1.53. The normalized spacial score (nSPS) is 15.2. The van der Waals surface area contributed by atoms with Gasteiger partial charge in [-0.25, -0.2) is 0 Å². The predicted molar refractivity (Wildman–Crippen MR) is 113 cm³/mol. The Morgan fingerprint density at radius 3 is 2.23 bits per heavy atom. The molecule has 0 aliphatic carbocycles. The molecule has 0 radical (unpaired) electrons. The van der Waals surface area contributed by atoms with Crippen LogP contribution in [0.25, 0.3) is 0 Å². The Labute approximate surface area is 164 Å². The van der Waals surface area contributed by atoms with E-state index in [0.717, 1.165) is 17.7 Å². The van der Waals surface area contributed by atoms with Crippen molar-refractivity contribution >= 4 is 29.4 Å². The van der Waals surface area contributed by atoms with Crippen molar-refractivity contribution in [3.63, 3.8) is 0 Å². The average molecular weight is 388 g/mol. The number of hydrogen-bond acceptors (Lipinski definition) is 3. The fourth-order valence-corrected chi connectivity index (χ4v) is 5.83. The molecule has 138 valence electrons. The maximum atomic E-state index is 12.4. The number of rotatable bonds is 6. The largest absolute Gasteiger partial charge is 0.348 e. The molecule has 2 N–H and O–H groups in total. The second kappa shape index (κ2) is 9.49. The average Bonchev–Trinajstić information content (AvgIpc) is 2.67. The number of quaternary nitrogens is 1. The van der Waals surface area contributed by atoms with E-state index in [9.17, 15) is 4.79 Å². The summed E-state index contributed by atoms with van der Waals surface area (Å²) in [6.45, 7) is 1.57. The summed E-state index contributed by atoms with van der Waals surface area (Å²) in [6, 6.07) is 16.6. The van der Waals surface area contributed by atoms with Crippen molar-refractivity contribution in [2.45, 2.75) is 24.1 Å². The summed E-state index contributed by atoms with van der Waals surface area (Å²) >= 11 is 4.01. The molecule has 0 unspecified atom stereocenters. The molecule has 5 heteroatoms. The molecular formula is C21H27N2OS2+. The van der Waals surface area contributed by atoms with Gasteiger partial charge in [0.2, 0.25) is 0 Å². The van der Waals surface area contributed by atoms with Crippen LogP contribution < -0.4 is 10.2 Å². The topological polar surface area (TPSA) is 33.5 Å². The lowest BCUT2D eigenvalue weighted by Gasteiger charge is -2.21. The molecule has 0 spiro atoms. The van der Waals surface area contributed by atoms with Crippen LogP contribution in [-0.4, -0.2) is 31.5 Å². The third kappa shape index (κ3) is 5.53. The Bertz CT molecular complexity index is 708. The minimum atomic E-state index is -0.0117. The van der Waals surface area contributed by atoms with Crippen molar-refractivity contribution in [3.05, 3.63) is 70.8 Å². The molecule has 2 aromatic rings. The quantitative estimate of drug-likeness (QED) is 0.799. The van der Waals surface area contributed by atoms with E-state index in [1.807, 2.05) is 35.7 Å². The fraction of sp³-hybridized carbons (Fsp3) is 0.381. The molecular weight excluding hydrogens is 360 g/mol. The van der Waals surface area contributed by atoms with Crippen LogP contribution in [-0.2, 0) is 13.1 Å². The summed E-state index contributed by atoms with van der Waals surface area (Å²) in [7, 11) is 4.29. The third-order valence-electron chi connectivity index (χ3n) is 4.31. The molecule has 3 nitrogen and oxygen atoms in total. The van der Waals surface area contributed by atoms with Gasteiger partial charge in [0.15, 0.2) is 0 Å². The summed E-state index contributed by atoms with van der Waals surface area (Å²) in [5, 5.41) is 3.02. The van der Waals surface area contributed by atoms with Gasteiger partial charge in [0.25, 0.3) is 5.91 Å². The van der Waals surface area contributed by atoms with E-state index < -0.39 is 0 Å². The maximum absolute atomic E-state index is 12.4. The summed E-state index contributed by atoms with van der Waals surface area (Å²) in [5.74, 6) is 2.45. The Morgan fingerprint density at radius 1 is 1.00 bits per heavy atom. The first-order chi connectivity index (χ1) is 12.6. The van der Waals surface area contributed by atoms with Gasteiger partial charge in [0, 0.05) is 17.7 Å². The number of carbonyl (C=O) groups excluding carboxylic acids is 1. The molecule has 1 fully saturated rings. The first kappa shape index (κ1) is 19.3. The van der Waals surface area contributed by atoms with Crippen LogP contribution in [0.5, 0.6) is 0 Å². The highest BCUT2D eigenvalue weighted by molar-refractivity contribution is 8.16. The van der Waals surface area contributed by atoms with Gasteiger partial charge < -0.3 is 10.2 Å². The van der Waals surface area contributed by atoms with Crippen LogP contribution >= 0.6 is 23.5 Å². The highest BCUT2D eigenvalue weighted by atomic mass is 32.2. The highest BCUT2D eigenvalue weighted by Gasteiger charge is 2.16. The van der Waals surface area contributed by atoms with Gasteiger partial charge in [0.05, 0.1) is 18.7 Å². The highest BCUT2D eigenvalue weighted by Crippen LogP contribution is 2.43. The molecule has 3 rings (SSSR count). The number of thioether (sulfide) groups is 2. The van der Waals surface area contributed by atoms with Crippen LogP contribution in [0, 0.1) is 0 Å². The van der Waals surface area contributed by atoms with Gasteiger partial charge >= 0.3 is 0 Å². The lowest BCUT2D eigenvalue weighted by molar-refractivity contribution is -0.872. The molecule has 2 aromatic carbocycles. The fourth-order valence-electron chi connectivity index (χ4n) is 2.94. The van der Waals surface area contributed by atoms with Crippen LogP contribution in [0.4, 0.5) is 0 Å². The number of benzene rings is 2. The van der Waals surface area contributed by atoms with Crippen LogP contribution in [0.15, 0.2) is 48.5 Å². The summed E-state index contributed by atoms with van der Waals surface area (Å²) in [5.41, 5.74) is 4.49. The Morgan fingerprint density at radius 2 is 1.62 bits per heavy atom. The van der Waals surface area contributed by atoms with Gasteiger partial charge in [-0.15, -0.1) is 23.5 Å². The van der Waals surface area contributed by atoms with E-state index in [2.05, 4.69) is 55.8 Å². The zero-order valence-electron chi connectivity index (χ0n) is 15.5. The summed E-state index contributed by atoms with van der Waals surface area (Å²) in [6.07, 6.45) is 1.30. The molecule has 1 aliphatic heterocycles. The molecule has 1 heterocycles. The number of nitrogens with one attached hydrogen (secondary N) is 2. The summed E-state index contributed by atoms with van der Waals surface area (Å²) < 4.78 is 0.517. The Kier molecular flexibility index (Phi) is 7.06. The smallest absolute Gasteiger partial charge is 0.251 e. The molecule has 1 saturated heterocycles. The van der Waals surface area contributed by atoms with E-state index in [1.54, 1.807) is 0 Å². The van der Waals surface area contributed by atoms with Crippen molar-refractivity contribution in [1.29, 1.82) is 0 Å². The van der Waals surface area contributed by atoms with E-state index in [0.29, 0.717) is 11.1 Å². The zero-order valence-corrected chi connectivity index (χ0v) is 17.1. The van der Waals surface area contributed by atoms with Crippen molar-refractivity contribution in [3.8, 4) is 0 Å². The van der Waals surface area contributed by atoms with E-state index >= 15 is 0 Å². The second-order valence-corrected chi connectivity index (χ2v) is 9.66. The minimum absolute atomic E-state index is 0.0117. The molecule has 0 atom stereocenters. The lowest BCUT2D eigenvalue weighted by Crippen LogP contribution is -3.04. The molecule has 0 bridgehead atoms. The van der Waals surface area contributed by atoms with E-state index in [-0.39, 0.29) is 5.91 Å².